The van der Waals surface area contributed by atoms with Gasteiger partial charge >= 0.3 is 17.9 Å². The van der Waals surface area contributed by atoms with Crippen LogP contribution in [0.5, 0.6) is 0 Å². The molecular formula is C16H26O6. The number of esters is 2. The lowest BCUT2D eigenvalue weighted by atomic mass is 10.1. The maximum Gasteiger partial charge on any atom is 0.341 e. The van der Waals surface area contributed by atoms with Crippen molar-refractivity contribution in [3.63, 3.8) is 0 Å². The van der Waals surface area contributed by atoms with Gasteiger partial charge in [0.2, 0.25) is 0 Å². The molecular weight excluding hydrogens is 288 g/mol. The quantitative estimate of drug-likeness (QED) is 0.338. The van der Waals surface area contributed by atoms with Crippen molar-refractivity contribution < 1.29 is 29.0 Å². The molecule has 6 heteroatoms. The molecule has 0 spiro atoms. The predicted molar refractivity (Wildman–Crippen MR) is 81.3 cm³/mol. The second kappa shape index (κ2) is 11.8. The summed E-state index contributed by atoms with van der Waals surface area (Å²) in [6.45, 7) is 6.62. The summed E-state index contributed by atoms with van der Waals surface area (Å²) in [5, 5.41) is 8.38. The fourth-order valence-corrected chi connectivity index (χ4v) is 1.84. The maximum absolute atomic E-state index is 11.6. The van der Waals surface area contributed by atoms with Crippen LogP contribution in [0.25, 0.3) is 0 Å². The summed E-state index contributed by atoms with van der Waals surface area (Å²) >= 11 is 0. The van der Waals surface area contributed by atoms with Gasteiger partial charge in [-0.1, -0.05) is 39.2 Å². The molecule has 6 nitrogen and oxygen atoms in total. The summed E-state index contributed by atoms with van der Waals surface area (Å²) in [7, 11) is 0. The predicted octanol–water partition coefficient (Wildman–Crippen LogP) is 2.85. The lowest BCUT2D eigenvalue weighted by Gasteiger charge is -2.13. The van der Waals surface area contributed by atoms with Crippen molar-refractivity contribution in [1.29, 1.82) is 0 Å². The van der Waals surface area contributed by atoms with Crippen LogP contribution in [0.4, 0.5) is 0 Å². The van der Waals surface area contributed by atoms with E-state index < -0.39 is 24.5 Å². The molecule has 126 valence electrons. The molecule has 0 aliphatic carbocycles. The number of rotatable bonds is 12. The molecule has 0 amide bonds. The number of unbranched alkanes of at least 4 members (excludes halogenated alkanes) is 4. The molecule has 0 radical (unpaired) electrons. The van der Waals surface area contributed by atoms with Gasteiger partial charge in [-0.05, 0) is 19.8 Å². The maximum atomic E-state index is 11.6. The number of carboxylic acids is 1. The minimum atomic E-state index is -1.26. The van der Waals surface area contributed by atoms with E-state index in [1.807, 2.05) is 6.92 Å². The fourth-order valence-electron chi connectivity index (χ4n) is 1.84. The highest BCUT2D eigenvalue weighted by atomic mass is 16.6. The first-order valence-electron chi connectivity index (χ1n) is 7.63. The molecule has 22 heavy (non-hydrogen) atoms. The van der Waals surface area contributed by atoms with Gasteiger partial charge in [0, 0.05) is 5.57 Å². The van der Waals surface area contributed by atoms with Crippen LogP contribution in [-0.2, 0) is 23.9 Å². The summed E-state index contributed by atoms with van der Waals surface area (Å²) < 4.78 is 9.61. The van der Waals surface area contributed by atoms with Gasteiger partial charge in [-0.2, -0.15) is 0 Å². The Morgan fingerprint density at radius 3 is 2.36 bits per heavy atom. The Balaban J connectivity index is 3.88. The van der Waals surface area contributed by atoms with Gasteiger partial charge in [0.1, 0.15) is 0 Å². The van der Waals surface area contributed by atoms with Crippen LogP contribution in [0.2, 0.25) is 0 Å². The van der Waals surface area contributed by atoms with Crippen molar-refractivity contribution >= 4 is 17.9 Å². The highest BCUT2D eigenvalue weighted by Gasteiger charge is 2.17. The van der Waals surface area contributed by atoms with E-state index in [9.17, 15) is 14.4 Å². The molecule has 0 heterocycles. The third-order valence-electron chi connectivity index (χ3n) is 3.02. The van der Waals surface area contributed by atoms with Crippen molar-refractivity contribution in [3.8, 4) is 0 Å². The third-order valence-corrected chi connectivity index (χ3v) is 3.02. The smallest absolute Gasteiger partial charge is 0.341 e. The van der Waals surface area contributed by atoms with Gasteiger partial charge in [-0.25, -0.2) is 9.59 Å². The SMILES string of the molecule is C=C(CC(=O)OC(C)CCCCCCC)C(=O)OCC(=O)O. The Morgan fingerprint density at radius 1 is 1.14 bits per heavy atom. The minimum absolute atomic E-state index is 0.110. The normalized spacial score (nSPS) is 11.5. The van der Waals surface area contributed by atoms with Gasteiger partial charge in [0.25, 0.3) is 0 Å². The largest absolute Gasteiger partial charge is 0.479 e. The van der Waals surface area contributed by atoms with Gasteiger partial charge in [-0.15, -0.1) is 0 Å². The molecule has 0 aromatic carbocycles. The fraction of sp³-hybridized carbons (Fsp3) is 0.688. The number of ether oxygens (including phenoxy) is 2. The molecule has 0 saturated carbocycles. The molecule has 0 aliphatic rings. The van der Waals surface area contributed by atoms with Crippen LogP contribution in [0.1, 0.15) is 58.8 Å². The van der Waals surface area contributed by atoms with Crippen molar-refractivity contribution in [2.75, 3.05) is 6.61 Å². The van der Waals surface area contributed by atoms with Crippen LogP contribution < -0.4 is 0 Å². The highest BCUT2D eigenvalue weighted by molar-refractivity contribution is 5.94. The van der Waals surface area contributed by atoms with Crippen molar-refractivity contribution in [2.45, 2.75) is 64.9 Å². The Hall–Kier alpha value is -1.85. The molecule has 0 fully saturated rings. The summed E-state index contributed by atoms with van der Waals surface area (Å²) in [5.41, 5.74) is -0.110. The zero-order valence-corrected chi connectivity index (χ0v) is 13.4. The molecule has 1 unspecified atom stereocenters. The Morgan fingerprint density at radius 2 is 1.77 bits per heavy atom. The van der Waals surface area contributed by atoms with Crippen LogP contribution in [0.15, 0.2) is 12.2 Å². The molecule has 1 atom stereocenters. The van der Waals surface area contributed by atoms with Crippen molar-refractivity contribution in [1.82, 2.24) is 0 Å². The lowest BCUT2D eigenvalue weighted by molar-refractivity contribution is -0.154. The number of hydrogen-bond acceptors (Lipinski definition) is 5. The van der Waals surface area contributed by atoms with Crippen LogP contribution in [-0.4, -0.2) is 35.7 Å². The van der Waals surface area contributed by atoms with Crippen molar-refractivity contribution in [2.24, 2.45) is 0 Å². The number of carboxylic acid groups (broad SMARTS) is 1. The van der Waals surface area contributed by atoms with E-state index in [0.717, 1.165) is 19.3 Å². The standard InChI is InChI=1S/C16H26O6/c1-4-5-6-7-8-9-13(3)22-15(19)10-12(2)16(20)21-11-14(17)18/h13H,2,4-11H2,1,3H3,(H,17,18). The van der Waals surface area contributed by atoms with E-state index >= 15 is 0 Å². The van der Waals surface area contributed by atoms with Gasteiger partial charge in [0.05, 0.1) is 12.5 Å². The van der Waals surface area contributed by atoms with Crippen LogP contribution in [0.3, 0.4) is 0 Å². The average molecular weight is 314 g/mol. The van der Waals surface area contributed by atoms with Gasteiger partial charge in [-0.3, -0.25) is 4.79 Å². The molecule has 0 aliphatic heterocycles. The molecule has 0 rings (SSSR count). The zero-order valence-electron chi connectivity index (χ0n) is 13.4. The Kier molecular flexibility index (Phi) is 10.8. The molecule has 1 N–H and O–H groups in total. The highest BCUT2D eigenvalue weighted by Crippen LogP contribution is 2.11. The molecule has 0 aromatic rings. The van der Waals surface area contributed by atoms with Crippen LogP contribution >= 0.6 is 0 Å². The van der Waals surface area contributed by atoms with E-state index in [1.165, 1.54) is 19.3 Å². The summed E-state index contributed by atoms with van der Waals surface area (Å²) in [6, 6.07) is 0. The summed E-state index contributed by atoms with van der Waals surface area (Å²) in [6.07, 6.45) is 5.97. The molecule has 0 aromatic heterocycles. The Bertz CT molecular complexity index is 388. The molecule has 0 saturated heterocycles. The number of carbonyl (C=O) groups excluding carboxylic acids is 2. The monoisotopic (exact) mass is 314 g/mol. The zero-order chi connectivity index (χ0) is 17.0. The van der Waals surface area contributed by atoms with Gasteiger partial charge in [0.15, 0.2) is 6.61 Å². The summed E-state index contributed by atoms with van der Waals surface area (Å²) in [5.74, 6) is -2.72. The summed E-state index contributed by atoms with van der Waals surface area (Å²) in [4.78, 5) is 33.2. The second-order valence-electron chi connectivity index (χ2n) is 5.25. The van der Waals surface area contributed by atoms with E-state index in [-0.39, 0.29) is 18.1 Å². The number of hydrogen-bond donors (Lipinski definition) is 1. The average Bonchev–Trinajstić information content (AvgIpc) is 2.44. The first-order valence-corrected chi connectivity index (χ1v) is 7.63. The van der Waals surface area contributed by atoms with Crippen molar-refractivity contribution in [3.05, 3.63) is 12.2 Å². The third kappa shape index (κ3) is 10.9. The van der Waals surface area contributed by atoms with E-state index in [4.69, 9.17) is 9.84 Å². The van der Waals surface area contributed by atoms with E-state index in [0.29, 0.717) is 0 Å². The van der Waals surface area contributed by atoms with Gasteiger partial charge < -0.3 is 14.6 Å². The lowest BCUT2D eigenvalue weighted by Crippen LogP contribution is -2.19. The number of carbonyl (C=O) groups is 3. The van der Waals surface area contributed by atoms with Crippen LogP contribution in [0, 0.1) is 0 Å². The topological polar surface area (TPSA) is 89.9 Å². The van der Waals surface area contributed by atoms with E-state index in [2.05, 4.69) is 18.2 Å². The number of aliphatic carboxylic acids is 1. The molecule has 0 bridgehead atoms. The first kappa shape index (κ1) is 20.1. The van der Waals surface area contributed by atoms with E-state index in [1.54, 1.807) is 0 Å². The second-order valence-corrected chi connectivity index (χ2v) is 5.25. The first-order chi connectivity index (χ1) is 10.4. The Labute approximate surface area is 131 Å². The minimum Gasteiger partial charge on any atom is -0.479 e.